The van der Waals surface area contributed by atoms with E-state index in [1.807, 2.05) is 6.92 Å². The van der Waals surface area contributed by atoms with Crippen molar-refractivity contribution >= 4 is 17.5 Å². The van der Waals surface area contributed by atoms with Crippen LogP contribution in [0.25, 0.3) is 0 Å². The van der Waals surface area contributed by atoms with Crippen LogP contribution < -0.4 is 5.32 Å². The van der Waals surface area contributed by atoms with Crippen LogP contribution in [-0.4, -0.2) is 16.9 Å². The first-order valence-electron chi connectivity index (χ1n) is 7.72. The van der Waals surface area contributed by atoms with Gasteiger partial charge in [0, 0.05) is 17.9 Å². The van der Waals surface area contributed by atoms with Crippen molar-refractivity contribution in [2.45, 2.75) is 59.4 Å². The van der Waals surface area contributed by atoms with Gasteiger partial charge in [0.1, 0.15) is 0 Å². The van der Waals surface area contributed by atoms with Gasteiger partial charge in [-0.05, 0) is 37.2 Å². The summed E-state index contributed by atoms with van der Waals surface area (Å²) in [6.45, 7) is 8.62. The number of hydrogen-bond acceptors (Lipinski definition) is 2. The second-order valence-corrected chi connectivity index (χ2v) is 7.55. The first-order chi connectivity index (χ1) is 9.79. The van der Waals surface area contributed by atoms with Crippen molar-refractivity contribution < 1.29 is 4.79 Å². The van der Waals surface area contributed by atoms with Gasteiger partial charge < -0.3 is 5.32 Å². The van der Waals surface area contributed by atoms with E-state index >= 15 is 0 Å². The highest BCUT2D eigenvalue weighted by Gasteiger charge is 2.35. The van der Waals surface area contributed by atoms with E-state index in [0.29, 0.717) is 16.5 Å². The standard InChI is InChI=1S/C17H25ClN2O/c1-11-9-14(18)12(10-19-11)16(21)20-15-8-6-5-7-13(15)17(2,3)4/h9-10,13,15H,5-8H2,1-4H3,(H,20,21). The second kappa shape index (κ2) is 6.35. The highest BCUT2D eigenvalue weighted by atomic mass is 35.5. The Morgan fingerprint density at radius 3 is 2.62 bits per heavy atom. The third-order valence-electron chi connectivity index (χ3n) is 4.43. The van der Waals surface area contributed by atoms with Gasteiger partial charge >= 0.3 is 0 Å². The van der Waals surface area contributed by atoms with Crippen molar-refractivity contribution in [3.63, 3.8) is 0 Å². The summed E-state index contributed by atoms with van der Waals surface area (Å²) >= 11 is 6.17. The minimum Gasteiger partial charge on any atom is -0.349 e. The molecule has 1 fully saturated rings. The van der Waals surface area contributed by atoms with Crippen LogP contribution in [-0.2, 0) is 0 Å². The lowest BCUT2D eigenvalue weighted by Crippen LogP contribution is -2.46. The van der Waals surface area contributed by atoms with Crippen LogP contribution in [0.15, 0.2) is 12.3 Å². The minimum absolute atomic E-state index is 0.103. The Balaban J connectivity index is 2.13. The minimum atomic E-state index is -0.103. The number of rotatable bonds is 2. The van der Waals surface area contributed by atoms with Crippen LogP contribution in [0.1, 0.15) is 62.5 Å². The van der Waals surface area contributed by atoms with Gasteiger partial charge in [-0.15, -0.1) is 0 Å². The molecule has 2 rings (SSSR count). The number of hydrogen-bond donors (Lipinski definition) is 1. The Kier molecular flexibility index (Phi) is 4.92. The molecule has 2 unspecified atom stereocenters. The molecule has 1 amide bonds. The van der Waals surface area contributed by atoms with E-state index in [1.165, 1.54) is 19.3 Å². The van der Waals surface area contributed by atoms with Crippen LogP contribution >= 0.6 is 11.6 Å². The van der Waals surface area contributed by atoms with Crippen molar-refractivity contribution in [3.05, 3.63) is 28.5 Å². The topological polar surface area (TPSA) is 42.0 Å². The number of aromatic nitrogens is 1. The fourth-order valence-corrected chi connectivity index (χ4v) is 3.57. The number of nitrogens with one attached hydrogen (secondary N) is 1. The van der Waals surface area contributed by atoms with Crippen molar-refractivity contribution in [1.82, 2.24) is 10.3 Å². The number of aryl methyl sites for hydroxylation is 1. The zero-order valence-corrected chi connectivity index (χ0v) is 14.1. The molecule has 0 aliphatic heterocycles. The lowest BCUT2D eigenvalue weighted by atomic mass is 9.69. The Hall–Kier alpha value is -1.09. The number of amides is 1. The molecular formula is C17H25ClN2O. The third kappa shape index (κ3) is 3.97. The average Bonchev–Trinajstić information content (AvgIpc) is 2.37. The Morgan fingerprint density at radius 2 is 2.00 bits per heavy atom. The molecule has 1 aromatic rings. The molecule has 0 radical (unpaired) electrons. The summed E-state index contributed by atoms with van der Waals surface area (Å²) in [7, 11) is 0. The molecule has 116 valence electrons. The SMILES string of the molecule is Cc1cc(Cl)c(C(=O)NC2CCCCC2C(C)(C)C)cn1. The average molecular weight is 309 g/mol. The van der Waals surface area contributed by atoms with Crippen LogP contribution in [0, 0.1) is 18.3 Å². The summed E-state index contributed by atoms with van der Waals surface area (Å²) in [4.78, 5) is 16.7. The quantitative estimate of drug-likeness (QED) is 0.881. The molecule has 4 heteroatoms. The highest BCUT2D eigenvalue weighted by Crippen LogP contribution is 2.38. The van der Waals surface area contributed by atoms with E-state index in [4.69, 9.17) is 11.6 Å². The van der Waals surface area contributed by atoms with Gasteiger partial charge in [0.2, 0.25) is 0 Å². The maximum atomic E-state index is 12.5. The number of nitrogens with zero attached hydrogens (tertiary/aromatic N) is 1. The highest BCUT2D eigenvalue weighted by molar-refractivity contribution is 6.33. The van der Waals surface area contributed by atoms with E-state index in [2.05, 4.69) is 31.1 Å². The van der Waals surface area contributed by atoms with Crippen LogP contribution in [0.4, 0.5) is 0 Å². The summed E-state index contributed by atoms with van der Waals surface area (Å²) in [5.74, 6) is 0.404. The molecule has 1 aliphatic carbocycles. The Labute approximate surface area is 132 Å². The predicted molar refractivity (Wildman–Crippen MR) is 86.7 cm³/mol. The summed E-state index contributed by atoms with van der Waals surface area (Å²) in [6.07, 6.45) is 6.22. The van der Waals surface area contributed by atoms with Gasteiger partial charge in [0.15, 0.2) is 0 Å². The van der Waals surface area contributed by atoms with Crippen LogP contribution in [0.5, 0.6) is 0 Å². The summed E-state index contributed by atoms with van der Waals surface area (Å²) in [5.41, 5.74) is 1.50. The maximum absolute atomic E-state index is 12.5. The van der Waals surface area contributed by atoms with Gasteiger partial charge in [-0.3, -0.25) is 9.78 Å². The smallest absolute Gasteiger partial charge is 0.254 e. The van der Waals surface area contributed by atoms with E-state index in [-0.39, 0.29) is 17.4 Å². The van der Waals surface area contributed by atoms with Crippen LogP contribution in [0.2, 0.25) is 5.02 Å². The fourth-order valence-electron chi connectivity index (χ4n) is 3.28. The molecule has 1 heterocycles. The second-order valence-electron chi connectivity index (χ2n) is 7.14. The van der Waals surface area contributed by atoms with E-state index in [0.717, 1.165) is 12.1 Å². The van der Waals surface area contributed by atoms with Gasteiger partial charge in [-0.25, -0.2) is 0 Å². The summed E-state index contributed by atoms with van der Waals surface area (Å²) in [6, 6.07) is 1.96. The van der Waals surface area contributed by atoms with Crippen molar-refractivity contribution in [1.29, 1.82) is 0 Å². The fraction of sp³-hybridized carbons (Fsp3) is 0.647. The van der Waals surface area contributed by atoms with E-state index < -0.39 is 0 Å². The zero-order chi connectivity index (χ0) is 15.6. The lowest BCUT2D eigenvalue weighted by molar-refractivity contribution is 0.0830. The van der Waals surface area contributed by atoms with Crippen LogP contribution in [0.3, 0.4) is 0 Å². The molecular weight excluding hydrogens is 284 g/mol. The van der Waals surface area contributed by atoms with Crippen molar-refractivity contribution in [2.24, 2.45) is 11.3 Å². The van der Waals surface area contributed by atoms with E-state index in [9.17, 15) is 4.79 Å². The Bertz CT molecular complexity index is 522. The Morgan fingerprint density at radius 1 is 1.33 bits per heavy atom. The maximum Gasteiger partial charge on any atom is 0.254 e. The monoisotopic (exact) mass is 308 g/mol. The van der Waals surface area contributed by atoms with Gasteiger partial charge in [-0.1, -0.05) is 45.2 Å². The molecule has 1 aliphatic rings. The number of halogens is 1. The van der Waals surface area contributed by atoms with Crippen molar-refractivity contribution in [2.75, 3.05) is 0 Å². The molecule has 1 saturated carbocycles. The first-order valence-corrected chi connectivity index (χ1v) is 8.10. The van der Waals surface area contributed by atoms with Crippen molar-refractivity contribution in [3.8, 4) is 0 Å². The molecule has 0 bridgehead atoms. The van der Waals surface area contributed by atoms with Gasteiger partial charge in [0.25, 0.3) is 5.91 Å². The zero-order valence-electron chi connectivity index (χ0n) is 13.4. The molecule has 1 aromatic heterocycles. The molecule has 21 heavy (non-hydrogen) atoms. The number of carbonyl (C=O) groups is 1. The summed E-state index contributed by atoms with van der Waals surface area (Å²) in [5, 5.41) is 3.66. The lowest BCUT2D eigenvalue weighted by Gasteiger charge is -2.40. The largest absolute Gasteiger partial charge is 0.349 e. The molecule has 1 N–H and O–H groups in total. The first kappa shape index (κ1) is 16.3. The normalized spacial score (nSPS) is 22.9. The molecule has 3 nitrogen and oxygen atoms in total. The van der Waals surface area contributed by atoms with Gasteiger partial charge in [0.05, 0.1) is 10.6 Å². The molecule has 0 spiro atoms. The molecule has 0 aromatic carbocycles. The number of pyridine rings is 1. The summed E-state index contributed by atoms with van der Waals surface area (Å²) < 4.78 is 0. The molecule has 0 saturated heterocycles. The van der Waals surface area contributed by atoms with E-state index in [1.54, 1.807) is 12.3 Å². The number of carbonyl (C=O) groups excluding carboxylic acids is 1. The van der Waals surface area contributed by atoms with Gasteiger partial charge in [-0.2, -0.15) is 0 Å². The predicted octanol–water partition coefficient (Wildman–Crippen LogP) is 4.38. The third-order valence-corrected chi connectivity index (χ3v) is 4.74. The molecule has 2 atom stereocenters.